The molecule has 8 heteroatoms. The van der Waals surface area contributed by atoms with Gasteiger partial charge >= 0.3 is 6.01 Å². The van der Waals surface area contributed by atoms with Gasteiger partial charge in [0.2, 0.25) is 0 Å². The van der Waals surface area contributed by atoms with Crippen LogP contribution in [0.25, 0.3) is 5.57 Å². The maximum atomic E-state index is 9.75. The maximum absolute atomic E-state index is 9.75. The average molecular weight is 425 g/mol. The van der Waals surface area contributed by atoms with Crippen LogP contribution in [0, 0.1) is 5.92 Å². The Labute approximate surface area is 183 Å². The molecule has 31 heavy (non-hydrogen) atoms. The molecule has 2 heterocycles. The molecule has 1 saturated heterocycles. The first-order chi connectivity index (χ1) is 14.8. The van der Waals surface area contributed by atoms with Crippen LogP contribution in [0.15, 0.2) is 52.4 Å². The summed E-state index contributed by atoms with van der Waals surface area (Å²) in [6, 6.07) is 8.60. The second-order valence-electron chi connectivity index (χ2n) is 8.42. The predicted octanol–water partition coefficient (Wildman–Crippen LogP) is 2.79. The van der Waals surface area contributed by atoms with E-state index in [1.807, 2.05) is 17.0 Å². The average Bonchev–Trinajstić information content (AvgIpc) is 3.25. The van der Waals surface area contributed by atoms with E-state index in [1.54, 1.807) is 6.21 Å². The first-order valence-electron chi connectivity index (χ1n) is 10.5. The van der Waals surface area contributed by atoms with Gasteiger partial charge in [0.1, 0.15) is 5.82 Å². The number of allylic oxidation sites excluding steroid dienone is 1. The normalized spacial score (nSPS) is 18.0. The van der Waals surface area contributed by atoms with Gasteiger partial charge in [-0.3, -0.25) is 0 Å². The number of nitrogens with zero attached hydrogens (tertiary/aromatic N) is 4. The number of hydrogen-bond acceptors (Lipinski definition) is 8. The molecule has 1 aliphatic rings. The predicted molar refractivity (Wildman–Crippen MR) is 123 cm³/mol. The lowest BCUT2D eigenvalue weighted by Gasteiger charge is -2.31. The molecule has 166 valence electrons. The third-order valence-corrected chi connectivity index (χ3v) is 6.14. The molecule has 1 aromatic carbocycles. The molecule has 0 amide bonds. The number of aliphatic imine (C=N–C) groups is 1. The number of anilines is 1. The molecule has 0 radical (unpaired) electrons. The van der Waals surface area contributed by atoms with Crippen LogP contribution in [-0.2, 0) is 5.41 Å². The van der Waals surface area contributed by atoms with E-state index in [2.05, 4.69) is 49.6 Å². The van der Waals surface area contributed by atoms with Crippen molar-refractivity contribution in [3.05, 3.63) is 59.8 Å². The van der Waals surface area contributed by atoms with E-state index in [9.17, 15) is 5.11 Å². The molecule has 1 aromatic heterocycles. The summed E-state index contributed by atoms with van der Waals surface area (Å²) in [5.41, 5.74) is 13.6. The number of aliphatic hydroxyl groups excluding tert-OH is 1. The third kappa shape index (κ3) is 4.80. The highest BCUT2D eigenvalue weighted by Crippen LogP contribution is 2.38. The highest BCUT2D eigenvalue weighted by Gasteiger charge is 2.38. The summed E-state index contributed by atoms with van der Waals surface area (Å²) < 4.78 is 5.61. The number of aliphatic hydroxyl groups is 1. The molecule has 2 aromatic rings. The quantitative estimate of drug-likeness (QED) is 0.583. The van der Waals surface area contributed by atoms with Gasteiger partial charge in [-0.15, -0.1) is 0 Å². The van der Waals surface area contributed by atoms with Crippen LogP contribution in [0.3, 0.4) is 0 Å². The second kappa shape index (κ2) is 9.34. The van der Waals surface area contributed by atoms with Crippen molar-refractivity contribution in [2.24, 2.45) is 22.4 Å². The number of aromatic nitrogens is 2. The molecule has 0 bridgehead atoms. The van der Waals surface area contributed by atoms with E-state index in [0.29, 0.717) is 37.8 Å². The van der Waals surface area contributed by atoms with Crippen molar-refractivity contribution in [2.75, 3.05) is 18.0 Å². The van der Waals surface area contributed by atoms with Crippen molar-refractivity contribution in [1.29, 1.82) is 0 Å². The topological polar surface area (TPSA) is 127 Å². The number of nitrogens with two attached hydrogens (primary N) is 2. The van der Waals surface area contributed by atoms with Crippen molar-refractivity contribution < 1.29 is 9.63 Å². The van der Waals surface area contributed by atoms with Crippen LogP contribution in [0.4, 0.5) is 6.01 Å². The van der Waals surface area contributed by atoms with E-state index < -0.39 is 5.41 Å². The molecular weight excluding hydrogens is 392 g/mol. The summed E-state index contributed by atoms with van der Waals surface area (Å²) in [4.78, 5) is 10.8. The van der Waals surface area contributed by atoms with Crippen molar-refractivity contribution in [2.45, 2.75) is 45.1 Å². The van der Waals surface area contributed by atoms with Gasteiger partial charge in [-0.1, -0.05) is 49.8 Å². The van der Waals surface area contributed by atoms with Crippen LogP contribution < -0.4 is 16.4 Å². The SMILES string of the molecule is C=C(N)/N=C\C(=C/N)c1ccc([C@](C)(c2noc(N3CCC(O)CC3)n2)C(C)C)cc1. The first-order valence-corrected chi connectivity index (χ1v) is 10.5. The lowest BCUT2D eigenvalue weighted by atomic mass is 9.72. The fraction of sp³-hybridized carbons (Fsp3) is 0.435. The Balaban J connectivity index is 1.88. The molecule has 1 aliphatic heterocycles. The fourth-order valence-electron chi connectivity index (χ4n) is 3.71. The summed E-state index contributed by atoms with van der Waals surface area (Å²) in [5.74, 6) is 1.09. The zero-order valence-corrected chi connectivity index (χ0v) is 18.5. The van der Waals surface area contributed by atoms with E-state index in [0.717, 1.165) is 16.7 Å². The smallest absolute Gasteiger partial charge is 0.324 e. The van der Waals surface area contributed by atoms with Gasteiger partial charge in [-0.2, -0.15) is 4.98 Å². The molecule has 0 aliphatic carbocycles. The van der Waals surface area contributed by atoms with E-state index in [1.165, 1.54) is 6.20 Å². The number of rotatable bonds is 7. The molecule has 3 rings (SSSR count). The Morgan fingerprint density at radius 2 is 1.97 bits per heavy atom. The van der Waals surface area contributed by atoms with Crippen molar-refractivity contribution in [1.82, 2.24) is 10.1 Å². The lowest BCUT2D eigenvalue weighted by molar-refractivity contribution is 0.143. The Morgan fingerprint density at radius 1 is 1.32 bits per heavy atom. The number of piperidine rings is 1. The lowest BCUT2D eigenvalue weighted by Crippen LogP contribution is -2.36. The summed E-state index contributed by atoms with van der Waals surface area (Å²) in [7, 11) is 0. The highest BCUT2D eigenvalue weighted by atomic mass is 16.5. The highest BCUT2D eigenvalue weighted by molar-refractivity contribution is 6.09. The van der Waals surface area contributed by atoms with Gasteiger partial charge in [0.25, 0.3) is 0 Å². The van der Waals surface area contributed by atoms with Gasteiger partial charge < -0.3 is 26.0 Å². The van der Waals surface area contributed by atoms with Crippen LogP contribution in [-0.4, -0.2) is 40.7 Å². The molecule has 8 nitrogen and oxygen atoms in total. The van der Waals surface area contributed by atoms with Gasteiger partial charge in [0, 0.05) is 31.1 Å². The molecular formula is C23H32N6O2. The maximum Gasteiger partial charge on any atom is 0.324 e. The second-order valence-corrected chi connectivity index (χ2v) is 8.42. The van der Waals surface area contributed by atoms with E-state index >= 15 is 0 Å². The Kier molecular flexibility index (Phi) is 6.80. The third-order valence-electron chi connectivity index (χ3n) is 6.14. The minimum Gasteiger partial charge on any atom is -0.404 e. The minimum absolute atomic E-state index is 0.221. The van der Waals surface area contributed by atoms with Crippen LogP contribution in [0.1, 0.15) is 50.6 Å². The number of hydrogen-bond donors (Lipinski definition) is 3. The standard InChI is InChI=1S/C23H32N6O2/c1-15(2)23(4,21-27-22(31-28-21)29-11-9-20(30)10-12-29)19-7-5-17(6-8-19)18(13-24)14-26-16(3)25/h5-8,13-15,20,30H,3,9-12,24-25H2,1-2,4H3/b18-13+,26-14-/t23-/m1/s1. The molecule has 1 atom stereocenters. The Morgan fingerprint density at radius 3 is 2.52 bits per heavy atom. The Bertz CT molecular complexity index is 955. The number of benzene rings is 1. The molecule has 0 spiro atoms. The summed E-state index contributed by atoms with van der Waals surface area (Å²) in [6.45, 7) is 11.4. The van der Waals surface area contributed by atoms with Crippen molar-refractivity contribution in [3.8, 4) is 0 Å². The van der Waals surface area contributed by atoms with Crippen LogP contribution in [0.5, 0.6) is 0 Å². The molecule has 0 saturated carbocycles. The molecule has 1 fully saturated rings. The van der Waals surface area contributed by atoms with Crippen LogP contribution >= 0.6 is 0 Å². The van der Waals surface area contributed by atoms with Crippen LogP contribution in [0.2, 0.25) is 0 Å². The zero-order chi connectivity index (χ0) is 22.6. The van der Waals surface area contributed by atoms with Gasteiger partial charge in [0.15, 0.2) is 5.82 Å². The van der Waals surface area contributed by atoms with Gasteiger partial charge in [-0.25, -0.2) is 4.99 Å². The monoisotopic (exact) mass is 424 g/mol. The fourth-order valence-corrected chi connectivity index (χ4v) is 3.71. The zero-order valence-electron chi connectivity index (χ0n) is 18.5. The van der Waals surface area contributed by atoms with E-state index in [4.69, 9.17) is 21.0 Å². The summed E-state index contributed by atoms with van der Waals surface area (Å²) in [6.07, 6.45) is 4.25. The minimum atomic E-state index is -0.443. The van der Waals surface area contributed by atoms with E-state index in [-0.39, 0.29) is 17.8 Å². The molecule has 5 N–H and O–H groups in total. The molecule has 0 unspecified atom stereocenters. The van der Waals surface area contributed by atoms with Gasteiger partial charge in [-0.05, 0) is 36.8 Å². The Hall–Kier alpha value is -3.13. The van der Waals surface area contributed by atoms with Gasteiger partial charge in [0.05, 0.1) is 11.5 Å². The summed E-state index contributed by atoms with van der Waals surface area (Å²) >= 11 is 0. The largest absolute Gasteiger partial charge is 0.404 e. The van der Waals surface area contributed by atoms with Crippen molar-refractivity contribution in [3.63, 3.8) is 0 Å². The summed E-state index contributed by atoms with van der Waals surface area (Å²) in [5, 5.41) is 14.1. The first kappa shape index (κ1) is 22.6. The van der Waals surface area contributed by atoms with Crippen molar-refractivity contribution >= 4 is 17.8 Å².